The Morgan fingerprint density at radius 3 is 2.19 bits per heavy atom. The third-order valence-electron chi connectivity index (χ3n) is 5.33. The van der Waals surface area contributed by atoms with E-state index in [9.17, 15) is 14.9 Å². The van der Waals surface area contributed by atoms with Crippen molar-refractivity contribution in [3.63, 3.8) is 0 Å². The minimum absolute atomic E-state index is 0.0708. The van der Waals surface area contributed by atoms with Gasteiger partial charge in [-0.25, -0.2) is 4.98 Å². The molecular weight excluding hydrogens is 492 g/mol. The summed E-state index contributed by atoms with van der Waals surface area (Å²) in [5.74, 6) is -0.447. The number of Topliss-reactive ketones (excluding diaryl/α,β-unsaturated/α-hetero) is 1. The van der Waals surface area contributed by atoms with E-state index >= 15 is 0 Å². The summed E-state index contributed by atoms with van der Waals surface area (Å²) in [4.78, 5) is 29.2. The zero-order valence-electron chi connectivity index (χ0n) is 19.2. The molecule has 0 fully saturated rings. The van der Waals surface area contributed by atoms with Crippen molar-refractivity contribution >= 4 is 35.1 Å². The molecule has 3 aromatic carbocycles. The lowest BCUT2D eigenvalue weighted by atomic mass is 9.99. The molecule has 0 bridgehead atoms. The lowest BCUT2D eigenvalue weighted by Crippen LogP contribution is -2.14. The Labute approximate surface area is 218 Å². The lowest BCUT2D eigenvalue weighted by Gasteiger charge is -2.12. The van der Waals surface area contributed by atoms with Gasteiger partial charge in [0.25, 0.3) is 0 Å². The number of nitriles is 1. The summed E-state index contributed by atoms with van der Waals surface area (Å²) in [6.45, 7) is -0.339. The third kappa shape index (κ3) is 6.39. The maximum Gasteiger partial charge on any atom is 0.307 e. The number of carbonyl (C=O) groups excluding carboxylic acids is 2. The first-order chi connectivity index (χ1) is 17.5. The lowest BCUT2D eigenvalue weighted by molar-refractivity contribution is -0.141. The molecule has 178 valence electrons. The normalized spacial score (nSPS) is 10.4. The van der Waals surface area contributed by atoms with Crippen LogP contribution in [0, 0.1) is 11.3 Å². The molecule has 0 atom stereocenters. The van der Waals surface area contributed by atoms with Gasteiger partial charge < -0.3 is 4.74 Å². The molecule has 1 heterocycles. The van der Waals surface area contributed by atoms with Crippen molar-refractivity contribution in [1.29, 1.82) is 5.26 Å². The average Bonchev–Trinajstić information content (AvgIpc) is 2.92. The zero-order valence-corrected chi connectivity index (χ0v) is 20.8. The highest BCUT2D eigenvalue weighted by Crippen LogP contribution is 2.34. The summed E-state index contributed by atoms with van der Waals surface area (Å²) < 4.78 is 5.15. The van der Waals surface area contributed by atoms with Crippen LogP contribution in [0.15, 0.2) is 96.0 Å². The Morgan fingerprint density at radius 1 is 0.917 bits per heavy atom. The Morgan fingerprint density at radius 2 is 1.56 bits per heavy atom. The molecule has 0 saturated carbocycles. The molecule has 0 unspecified atom stereocenters. The van der Waals surface area contributed by atoms with Crippen LogP contribution in [0.2, 0.25) is 5.02 Å². The van der Waals surface area contributed by atoms with Crippen LogP contribution in [0.25, 0.3) is 22.4 Å². The first-order valence-electron chi connectivity index (χ1n) is 11.2. The molecule has 0 N–H and O–H groups in total. The number of carbonyl (C=O) groups is 2. The van der Waals surface area contributed by atoms with Gasteiger partial charge in [0.2, 0.25) is 0 Å². The van der Waals surface area contributed by atoms with Crippen LogP contribution in [0.1, 0.15) is 22.3 Å². The van der Waals surface area contributed by atoms with Gasteiger partial charge in [-0.1, -0.05) is 72.3 Å². The van der Waals surface area contributed by atoms with Crippen LogP contribution >= 0.6 is 23.4 Å². The number of ether oxygens (including phenoxy) is 1. The number of nitrogens with zero attached hydrogens (tertiary/aromatic N) is 2. The Bertz CT molecular complexity index is 1400. The standard InChI is InChI=1S/C29H21ClN2O3S/c30-23-13-11-22(12-14-23)27(33)19-35-28(34)15-16-36-29-25(18-31)24(20-7-3-1-4-8-20)17-26(32-29)21-9-5-2-6-10-21/h1-14,17H,15-16,19H2. The van der Waals surface area contributed by atoms with Crippen LogP contribution in [0.3, 0.4) is 0 Å². The second kappa shape index (κ2) is 12.2. The van der Waals surface area contributed by atoms with Gasteiger partial charge in [0.05, 0.1) is 17.7 Å². The number of hydrogen-bond acceptors (Lipinski definition) is 6. The van der Waals surface area contributed by atoms with E-state index < -0.39 is 5.97 Å². The average molecular weight is 513 g/mol. The van der Waals surface area contributed by atoms with Crippen LogP contribution < -0.4 is 0 Å². The summed E-state index contributed by atoms with van der Waals surface area (Å²) >= 11 is 7.15. The fourth-order valence-electron chi connectivity index (χ4n) is 3.50. The largest absolute Gasteiger partial charge is 0.457 e. The highest BCUT2D eigenvalue weighted by molar-refractivity contribution is 7.99. The summed E-state index contributed by atoms with van der Waals surface area (Å²) in [7, 11) is 0. The van der Waals surface area contributed by atoms with Crippen LogP contribution in [-0.4, -0.2) is 29.1 Å². The molecule has 0 aliphatic carbocycles. The van der Waals surface area contributed by atoms with Crippen molar-refractivity contribution in [1.82, 2.24) is 4.98 Å². The Balaban J connectivity index is 1.47. The smallest absolute Gasteiger partial charge is 0.307 e. The van der Waals surface area contributed by atoms with Crippen molar-refractivity contribution in [2.24, 2.45) is 0 Å². The van der Waals surface area contributed by atoms with Gasteiger partial charge in [0, 0.05) is 27.5 Å². The number of esters is 1. The van der Waals surface area contributed by atoms with E-state index in [4.69, 9.17) is 21.3 Å². The van der Waals surface area contributed by atoms with Gasteiger partial charge in [0.15, 0.2) is 12.4 Å². The van der Waals surface area contributed by atoms with Crippen LogP contribution in [-0.2, 0) is 9.53 Å². The van der Waals surface area contributed by atoms with E-state index in [1.807, 2.05) is 66.7 Å². The quantitative estimate of drug-likeness (QED) is 0.139. The number of thioether (sulfide) groups is 1. The van der Waals surface area contributed by atoms with Gasteiger partial charge in [-0.15, -0.1) is 11.8 Å². The first kappa shape index (κ1) is 25.2. The Kier molecular flexibility index (Phi) is 8.51. The summed E-state index contributed by atoms with van der Waals surface area (Å²) in [5, 5.41) is 11.0. The zero-order chi connectivity index (χ0) is 25.3. The van der Waals surface area contributed by atoms with Crippen molar-refractivity contribution in [2.45, 2.75) is 11.4 Å². The maximum absolute atomic E-state index is 12.3. The topological polar surface area (TPSA) is 80.1 Å². The number of pyridine rings is 1. The summed E-state index contributed by atoms with van der Waals surface area (Å²) in [6, 6.07) is 30.0. The van der Waals surface area contributed by atoms with Crippen molar-refractivity contribution in [2.75, 3.05) is 12.4 Å². The highest BCUT2D eigenvalue weighted by Gasteiger charge is 2.17. The molecule has 0 radical (unpaired) electrons. The van der Waals surface area contributed by atoms with E-state index in [2.05, 4.69) is 6.07 Å². The highest BCUT2D eigenvalue weighted by atomic mass is 35.5. The van der Waals surface area contributed by atoms with Crippen molar-refractivity contribution in [3.05, 3.63) is 107 Å². The number of halogens is 1. The minimum Gasteiger partial charge on any atom is -0.457 e. The molecule has 1 aromatic heterocycles. The SMILES string of the molecule is N#Cc1c(-c2ccccc2)cc(-c2ccccc2)nc1SCCC(=O)OCC(=O)c1ccc(Cl)cc1. The summed E-state index contributed by atoms with van der Waals surface area (Å²) in [6.07, 6.45) is 0.0708. The number of hydrogen-bond donors (Lipinski definition) is 0. The van der Waals surface area contributed by atoms with Crippen molar-refractivity contribution < 1.29 is 14.3 Å². The molecule has 36 heavy (non-hydrogen) atoms. The maximum atomic E-state index is 12.3. The molecule has 5 nitrogen and oxygen atoms in total. The Hall–Kier alpha value is -3.92. The second-order valence-electron chi connectivity index (χ2n) is 7.77. The fourth-order valence-corrected chi connectivity index (χ4v) is 4.56. The van der Waals surface area contributed by atoms with Crippen LogP contribution in [0.5, 0.6) is 0 Å². The van der Waals surface area contributed by atoms with Crippen LogP contribution in [0.4, 0.5) is 0 Å². The number of aromatic nitrogens is 1. The predicted octanol–water partition coefficient (Wildman–Crippen LogP) is 6.85. The van der Waals surface area contributed by atoms with Gasteiger partial charge >= 0.3 is 5.97 Å². The van der Waals surface area contributed by atoms with Gasteiger partial charge in [-0.3, -0.25) is 9.59 Å². The number of ketones is 1. The molecule has 4 rings (SSSR count). The number of rotatable bonds is 9. The molecule has 0 spiro atoms. The van der Waals surface area contributed by atoms with Crippen molar-refractivity contribution in [3.8, 4) is 28.5 Å². The van der Waals surface area contributed by atoms with Gasteiger partial charge in [0.1, 0.15) is 11.1 Å². The molecule has 0 aliphatic heterocycles. The molecule has 0 saturated heterocycles. The molecule has 0 amide bonds. The summed E-state index contributed by atoms with van der Waals surface area (Å²) in [5.41, 5.74) is 4.25. The van der Waals surface area contributed by atoms with E-state index in [0.29, 0.717) is 26.9 Å². The minimum atomic E-state index is -0.495. The fraction of sp³-hybridized carbons (Fsp3) is 0.103. The molecule has 7 heteroatoms. The molecule has 4 aromatic rings. The van der Waals surface area contributed by atoms with Gasteiger partial charge in [-0.2, -0.15) is 5.26 Å². The molecule has 0 aliphatic rings. The van der Waals surface area contributed by atoms with Gasteiger partial charge in [-0.05, 0) is 35.9 Å². The van der Waals surface area contributed by atoms with E-state index in [0.717, 1.165) is 22.4 Å². The monoisotopic (exact) mass is 512 g/mol. The first-order valence-corrected chi connectivity index (χ1v) is 12.5. The second-order valence-corrected chi connectivity index (χ2v) is 9.29. The van der Waals surface area contributed by atoms with E-state index in [-0.39, 0.29) is 18.8 Å². The predicted molar refractivity (Wildman–Crippen MR) is 142 cm³/mol. The third-order valence-corrected chi connectivity index (χ3v) is 6.56. The number of benzene rings is 3. The van der Waals surface area contributed by atoms with E-state index in [1.165, 1.54) is 11.8 Å². The van der Waals surface area contributed by atoms with E-state index in [1.54, 1.807) is 24.3 Å². The molecular formula is C29H21ClN2O3S.